The van der Waals surface area contributed by atoms with Gasteiger partial charge in [0.15, 0.2) is 0 Å². The van der Waals surface area contributed by atoms with E-state index in [-0.39, 0.29) is 5.82 Å². The van der Waals surface area contributed by atoms with Gasteiger partial charge in [0.1, 0.15) is 5.82 Å². The summed E-state index contributed by atoms with van der Waals surface area (Å²) in [6.07, 6.45) is 8.89. The lowest BCUT2D eigenvalue weighted by molar-refractivity contribution is 0.625. The summed E-state index contributed by atoms with van der Waals surface area (Å²) in [7, 11) is 0. The molecule has 3 rings (SSSR count). The molecule has 1 aromatic carbocycles. The minimum Gasteiger partial charge on any atom is -0.265 e. The summed E-state index contributed by atoms with van der Waals surface area (Å²) in [4.78, 5) is 4.01. The summed E-state index contributed by atoms with van der Waals surface area (Å²) in [5, 5.41) is 0. The highest BCUT2D eigenvalue weighted by atomic mass is 19.1. The fourth-order valence-corrected chi connectivity index (χ4v) is 2.48. The molecule has 0 bridgehead atoms. The van der Waals surface area contributed by atoms with Gasteiger partial charge in [-0.3, -0.25) is 4.98 Å². The molecule has 0 saturated heterocycles. The van der Waals surface area contributed by atoms with E-state index in [1.807, 2.05) is 18.2 Å². The van der Waals surface area contributed by atoms with Crippen LogP contribution in [0.1, 0.15) is 29.5 Å². The fourth-order valence-electron chi connectivity index (χ4n) is 2.48. The first-order chi connectivity index (χ1) is 8.83. The number of aryl methyl sites for hydroxylation is 1. The van der Waals surface area contributed by atoms with E-state index in [1.165, 1.54) is 11.1 Å². The van der Waals surface area contributed by atoms with Gasteiger partial charge >= 0.3 is 0 Å². The molecule has 1 nitrogen and oxygen atoms in total. The van der Waals surface area contributed by atoms with Gasteiger partial charge in [-0.25, -0.2) is 4.39 Å². The van der Waals surface area contributed by atoms with Crippen LogP contribution in [0, 0.1) is 5.82 Å². The normalized spacial score (nSPS) is 16.6. The zero-order chi connectivity index (χ0) is 12.4. The lowest BCUT2D eigenvalue weighted by Crippen LogP contribution is -2.02. The van der Waals surface area contributed by atoms with E-state index in [9.17, 15) is 4.39 Å². The van der Waals surface area contributed by atoms with Gasteiger partial charge in [0.05, 0.1) is 0 Å². The molecule has 0 unspecified atom stereocenters. The van der Waals surface area contributed by atoms with Crippen LogP contribution in [0.3, 0.4) is 0 Å². The second-order valence-electron chi connectivity index (χ2n) is 4.61. The predicted octanol–water partition coefficient (Wildman–Crippen LogP) is 4.10. The second-order valence-corrected chi connectivity index (χ2v) is 4.61. The van der Waals surface area contributed by atoms with Crippen LogP contribution in [-0.4, -0.2) is 4.98 Å². The standard InChI is InChI=1S/C16H14FN/c17-15-5-4-13-2-1-3-14(16(13)11-15)10-12-6-8-18-9-7-12/h4-11H,1-3H2/b14-10-. The van der Waals surface area contributed by atoms with Gasteiger partial charge in [0.2, 0.25) is 0 Å². The molecule has 0 atom stereocenters. The van der Waals surface area contributed by atoms with E-state index < -0.39 is 0 Å². The van der Waals surface area contributed by atoms with Crippen LogP contribution in [0.25, 0.3) is 11.6 Å². The number of hydrogen-bond donors (Lipinski definition) is 0. The van der Waals surface area contributed by atoms with Gasteiger partial charge in [0, 0.05) is 12.4 Å². The third-order valence-corrected chi connectivity index (χ3v) is 3.36. The molecule has 18 heavy (non-hydrogen) atoms. The Labute approximate surface area is 106 Å². The second kappa shape index (κ2) is 4.73. The number of fused-ring (bicyclic) bond motifs is 1. The van der Waals surface area contributed by atoms with Crippen LogP contribution in [0.2, 0.25) is 0 Å². The molecule has 0 N–H and O–H groups in total. The highest BCUT2D eigenvalue weighted by Gasteiger charge is 2.14. The molecule has 0 radical (unpaired) electrons. The molecule has 0 saturated carbocycles. The van der Waals surface area contributed by atoms with Crippen molar-refractivity contribution in [2.24, 2.45) is 0 Å². The number of nitrogens with zero attached hydrogens (tertiary/aromatic N) is 1. The van der Waals surface area contributed by atoms with Crippen molar-refractivity contribution in [3.63, 3.8) is 0 Å². The van der Waals surface area contributed by atoms with E-state index in [4.69, 9.17) is 0 Å². The minimum atomic E-state index is -0.156. The third-order valence-electron chi connectivity index (χ3n) is 3.36. The number of aromatic nitrogens is 1. The van der Waals surface area contributed by atoms with Crippen LogP contribution in [0.15, 0.2) is 42.7 Å². The van der Waals surface area contributed by atoms with Crippen molar-refractivity contribution in [1.82, 2.24) is 4.98 Å². The Bertz CT molecular complexity index is 587. The highest BCUT2D eigenvalue weighted by Crippen LogP contribution is 2.32. The molecule has 1 aromatic heterocycles. The Morgan fingerprint density at radius 3 is 2.72 bits per heavy atom. The maximum Gasteiger partial charge on any atom is 0.123 e. The Balaban J connectivity index is 2.06. The van der Waals surface area contributed by atoms with E-state index in [0.29, 0.717) is 0 Å². The van der Waals surface area contributed by atoms with Crippen molar-refractivity contribution in [2.45, 2.75) is 19.3 Å². The summed E-state index contributed by atoms with van der Waals surface area (Å²) >= 11 is 0. The van der Waals surface area contributed by atoms with Crippen molar-refractivity contribution in [1.29, 1.82) is 0 Å². The summed E-state index contributed by atoms with van der Waals surface area (Å²) in [5.41, 5.74) is 4.67. The SMILES string of the molecule is Fc1ccc2c(c1)/C(=C\c1ccncc1)CCC2. The third kappa shape index (κ3) is 2.19. The first-order valence-electron chi connectivity index (χ1n) is 6.22. The Kier molecular flexibility index (Phi) is 2.93. The quantitative estimate of drug-likeness (QED) is 0.730. The highest BCUT2D eigenvalue weighted by molar-refractivity contribution is 5.83. The Hall–Kier alpha value is -1.96. The molecule has 1 aliphatic rings. The zero-order valence-corrected chi connectivity index (χ0v) is 10.1. The van der Waals surface area contributed by atoms with Crippen molar-refractivity contribution >= 4 is 11.6 Å². The van der Waals surface area contributed by atoms with Gasteiger partial charge in [-0.1, -0.05) is 12.1 Å². The Morgan fingerprint density at radius 2 is 1.89 bits per heavy atom. The maximum atomic E-state index is 13.4. The summed E-state index contributed by atoms with van der Waals surface area (Å²) < 4.78 is 13.4. The summed E-state index contributed by atoms with van der Waals surface area (Å²) in [5.74, 6) is -0.156. The topological polar surface area (TPSA) is 12.9 Å². The number of benzene rings is 1. The number of rotatable bonds is 1. The molecule has 90 valence electrons. The molecule has 2 aromatic rings. The van der Waals surface area contributed by atoms with Crippen molar-refractivity contribution < 1.29 is 4.39 Å². The average molecular weight is 239 g/mol. The molecule has 2 heteroatoms. The lowest BCUT2D eigenvalue weighted by atomic mass is 9.86. The molecule has 1 aliphatic carbocycles. The maximum absolute atomic E-state index is 13.4. The molecule has 0 fully saturated rings. The zero-order valence-electron chi connectivity index (χ0n) is 10.1. The first kappa shape index (κ1) is 11.1. The van der Waals surface area contributed by atoms with Crippen molar-refractivity contribution in [2.75, 3.05) is 0 Å². The van der Waals surface area contributed by atoms with Gasteiger partial charge in [-0.2, -0.15) is 0 Å². The minimum absolute atomic E-state index is 0.156. The van der Waals surface area contributed by atoms with Crippen LogP contribution in [-0.2, 0) is 6.42 Å². The van der Waals surface area contributed by atoms with Gasteiger partial charge in [-0.15, -0.1) is 0 Å². The van der Waals surface area contributed by atoms with E-state index in [0.717, 1.165) is 30.4 Å². The molecule has 0 aliphatic heterocycles. The van der Waals surface area contributed by atoms with Crippen LogP contribution in [0.4, 0.5) is 4.39 Å². The molecule has 0 spiro atoms. The monoisotopic (exact) mass is 239 g/mol. The van der Waals surface area contributed by atoms with E-state index >= 15 is 0 Å². The largest absolute Gasteiger partial charge is 0.265 e. The lowest BCUT2D eigenvalue weighted by Gasteiger charge is -2.19. The number of allylic oxidation sites excluding steroid dienone is 1. The van der Waals surface area contributed by atoms with Crippen LogP contribution in [0.5, 0.6) is 0 Å². The number of pyridine rings is 1. The Morgan fingerprint density at radius 1 is 1.06 bits per heavy atom. The van der Waals surface area contributed by atoms with Gasteiger partial charge in [-0.05, 0) is 65.8 Å². The number of halogens is 1. The molecule has 1 heterocycles. The van der Waals surface area contributed by atoms with Crippen molar-refractivity contribution in [3.05, 3.63) is 65.2 Å². The average Bonchev–Trinajstić information content (AvgIpc) is 2.41. The molecular formula is C16H14FN. The van der Waals surface area contributed by atoms with Gasteiger partial charge in [0.25, 0.3) is 0 Å². The molecular weight excluding hydrogens is 225 g/mol. The van der Waals surface area contributed by atoms with Crippen LogP contribution >= 0.6 is 0 Å². The smallest absolute Gasteiger partial charge is 0.123 e. The fraction of sp³-hybridized carbons (Fsp3) is 0.188. The van der Waals surface area contributed by atoms with Gasteiger partial charge < -0.3 is 0 Å². The van der Waals surface area contributed by atoms with E-state index in [1.54, 1.807) is 24.5 Å². The molecule has 0 amide bonds. The number of hydrogen-bond acceptors (Lipinski definition) is 1. The summed E-state index contributed by atoms with van der Waals surface area (Å²) in [6.45, 7) is 0. The van der Waals surface area contributed by atoms with Crippen molar-refractivity contribution in [3.8, 4) is 0 Å². The van der Waals surface area contributed by atoms with Crippen LogP contribution < -0.4 is 0 Å². The summed E-state index contributed by atoms with van der Waals surface area (Å²) in [6, 6.07) is 9.06. The predicted molar refractivity (Wildman–Crippen MR) is 71.4 cm³/mol. The van der Waals surface area contributed by atoms with E-state index in [2.05, 4.69) is 11.1 Å². The first-order valence-corrected chi connectivity index (χ1v) is 6.22.